The fourth-order valence-corrected chi connectivity index (χ4v) is 2.88. The summed E-state index contributed by atoms with van der Waals surface area (Å²) in [4.78, 5) is 15.6. The Bertz CT molecular complexity index is 418. The van der Waals surface area contributed by atoms with Crippen molar-refractivity contribution in [3.63, 3.8) is 0 Å². The fraction of sp³-hybridized carbons (Fsp3) is 0.692. The summed E-state index contributed by atoms with van der Waals surface area (Å²) in [5.41, 5.74) is 2.46. The van der Waals surface area contributed by atoms with Crippen molar-refractivity contribution in [2.24, 2.45) is 5.92 Å². The highest BCUT2D eigenvalue weighted by Gasteiger charge is 2.29. The number of aldehydes is 1. The van der Waals surface area contributed by atoms with Crippen LogP contribution in [-0.2, 0) is 17.8 Å². The molecule has 0 radical (unpaired) electrons. The monoisotopic (exact) mass is 218 g/mol. The molecule has 2 aliphatic rings. The number of imidazole rings is 1. The summed E-state index contributed by atoms with van der Waals surface area (Å²) >= 11 is 0. The molecule has 3 nitrogen and oxygen atoms in total. The zero-order chi connectivity index (χ0) is 11.1. The van der Waals surface area contributed by atoms with E-state index in [1.54, 1.807) is 0 Å². The standard InChI is InChI=1S/C13H18N2O/c1-9-12-7-10(8-16)5-6-15(12)13(14-9)11-3-2-4-11/h8,10-11H,2-7H2,1H3. The average Bonchev–Trinajstić information content (AvgIpc) is 2.54. The zero-order valence-electron chi connectivity index (χ0n) is 9.78. The highest BCUT2D eigenvalue weighted by Crippen LogP contribution is 2.38. The van der Waals surface area contributed by atoms with Gasteiger partial charge in [0.1, 0.15) is 12.1 Å². The van der Waals surface area contributed by atoms with Gasteiger partial charge in [0, 0.05) is 24.1 Å². The van der Waals surface area contributed by atoms with Gasteiger partial charge in [-0.2, -0.15) is 0 Å². The van der Waals surface area contributed by atoms with Crippen molar-refractivity contribution >= 4 is 6.29 Å². The minimum absolute atomic E-state index is 0.220. The van der Waals surface area contributed by atoms with Gasteiger partial charge in [-0.25, -0.2) is 4.98 Å². The lowest BCUT2D eigenvalue weighted by atomic mass is 9.84. The SMILES string of the molecule is Cc1nc(C2CCC2)n2c1CC(C=O)CC2. The first kappa shape index (κ1) is 10.1. The quantitative estimate of drug-likeness (QED) is 0.713. The van der Waals surface area contributed by atoms with E-state index < -0.39 is 0 Å². The molecule has 3 heteroatoms. The molecule has 0 spiro atoms. The maximum absolute atomic E-state index is 10.9. The summed E-state index contributed by atoms with van der Waals surface area (Å²) < 4.78 is 2.39. The summed E-state index contributed by atoms with van der Waals surface area (Å²) in [6, 6.07) is 0. The largest absolute Gasteiger partial charge is 0.331 e. The van der Waals surface area contributed by atoms with Gasteiger partial charge in [0.05, 0.1) is 5.69 Å². The van der Waals surface area contributed by atoms with Crippen LogP contribution in [0, 0.1) is 12.8 Å². The molecule has 16 heavy (non-hydrogen) atoms. The van der Waals surface area contributed by atoms with E-state index in [4.69, 9.17) is 4.98 Å². The van der Waals surface area contributed by atoms with Crippen LogP contribution in [0.25, 0.3) is 0 Å². The highest BCUT2D eigenvalue weighted by atomic mass is 16.1. The lowest BCUT2D eigenvalue weighted by Gasteiger charge is -2.28. The van der Waals surface area contributed by atoms with Gasteiger partial charge in [0.2, 0.25) is 0 Å². The van der Waals surface area contributed by atoms with Gasteiger partial charge in [-0.1, -0.05) is 6.42 Å². The van der Waals surface area contributed by atoms with Gasteiger partial charge in [-0.15, -0.1) is 0 Å². The minimum atomic E-state index is 0.220. The third-order valence-corrected chi connectivity index (χ3v) is 4.14. The Labute approximate surface area is 95.9 Å². The van der Waals surface area contributed by atoms with Crippen molar-refractivity contribution in [3.8, 4) is 0 Å². The predicted octanol–water partition coefficient (Wildman–Crippen LogP) is 2.22. The number of rotatable bonds is 2. The van der Waals surface area contributed by atoms with E-state index in [2.05, 4.69) is 11.5 Å². The second-order valence-corrected chi connectivity index (χ2v) is 5.17. The van der Waals surface area contributed by atoms with Crippen molar-refractivity contribution in [3.05, 3.63) is 17.2 Å². The molecule has 0 N–H and O–H groups in total. The van der Waals surface area contributed by atoms with Crippen LogP contribution < -0.4 is 0 Å². The molecule has 1 saturated carbocycles. The van der Waals surface area contributed by atoms with E-state index in [1.807, 2.05) is 0 Å². The van der Waals surface area contributed by atoms with Gasteiger partial charge in [0.15, 0.2) is 0 Å². The van der Waals surface area contributed by atoms with Crippen molar-refractivity contribution in [1.29, 1.82) is 0 Å². The van der Waals surface area contributed by atoms with Gasteiger partial charge >= 0.3 is 0 Å². The van der Waals surface area contributed by atoms with E-state index in [1.165, 1.54) is 30.8 Å². The van der Waals surface area contributed by atoms with Crippen LogP contribution >= 0.6 is 0 Å². The number of fused-ring (bicyclic) bond motifs is 1. The van der Waals surface area contributed by atoms with Gasteiger partial charge in [-0.05, 0) is 32.6 Å². The molecule has 86 valence electrons. The maximum Gasteiger partial charge on any atom is 0.123 e. The molecule has 3 rings (SSSR count). The van der Waals surface area contributed by atoms with E-state index in [0.29, 0.717) is 5.92 Å². The Morgan fingerprint density at radius 2 is 2.19 bits per heavy atom. The second kappa shape index (κ2) is 3.72. The summed E-state index contributed by atoms with van der Waals surface area (Å²) in [5.74, 6) is 2.21. The molecule has 0 saturated heterocycles. The molecule has 0 bridgehead atoms. The van der Waals surface area contributed by atoms with E-state index in [0.717, 1.165) is 31.4 Å². The lowest BCUT2D eigenvalue weighted by Crippen LogP contribution is -2.24. The fourth-order valence-electron chi connectivity index (χ4n) is 2.88. The molecule has 1 aromatic heterocycles. The van der Waals surface area contributed by atoms with Crippen LogP contribution in [0.2, 0.25) is 0 Å². The normalized spacial score (nSPS) is 24.9. The molecule has 0 aromatic carbocycles. The Hall–Kier alpha value is -1.12. The first-order valence-corrected chi connectivity index (χ1v) is 6.30. The van der Waals surface area contributed by atoms with Gasteiger partial charge in [-0.3, -0.25) is 0 Å². The first-order chi connectivity index (χ1) is 7.79. The molecular formula is C13H18N2O. The Morgan fingerprint density at radius 3 is 2.81 bits per heavy atom. The molecule has 1 aliphatic carbocycles. The number of hydrogen-bond donors (Lipinski definition) is 0. The first-order valence-electron chi connectivity index (χ1n) is 6.30. The van der Waals surface area contributed by atoms with Crippen molar-refractivity contribution < 1.29 is 4.79 Å². The number of carbonyl (C=O) groups is 1. The summed E-state index contributed by atoms with van der Waals surface area (Å²) in [6.07, 6.45) is 6.95. The highest BCUT2D eigenvalue weighted by molar-refractivity contribution is 5.54. The van der Waals surface area contributed by atoms with Crippen molar-refractivity contribution in [2.45, 2.75) is 51.5 Å². The van der Waals surface area contributed by atoms with Crippen molar-refractivity contribution in [2.75, 3.05) is 0 Å². The Kier molecular flexibility index (Phi) is 2.34. The van der Waals surface area contributed by atoms with Crippen molar-refractivity contribution in [1.82, 2.24) is 9.55 Å². The van der Waals surface area contributed by atoms with Crippen LogP contribution in [-0.4, -0.2) is 15.8 Å². The second-order valence-electron chi connectivity index (χ2n) is 5.17. The van der Waals surface area contributed by atoms with Crippen LogP contribution in [0.1, 0.15) is 48.8 Å². The van der Waals surface area contributed by atoms with Crippen LogP contribution in [0.15, 0.2) is 0 Å². The van der Waals surface area contributed by atoms with Crippen LogP contribution in [0.4, 0.5) is 0 Å². The number of carbonyl (C=O) groups excluding carboxylic acids is 1. The predicted molar refractivity (Wildman–Crippen MR) is 61.4 cm³/mol. The molecular weight excluding hydrogens is 200 g/mol. The number of nitrogens with zero attached hydrogens (tertiary/aromatic N) is 2. The Morgan fingerprint density at radius 1 is 1.38 bits per heavy atom. The van der Waals surface area contributed by atoms with Gasteiger partial charge in [0.25, 0.3) is 0 Å². The van der Waals surface area contributed by atoms with Crippen LogP contribution in [0.3, 0.4) is 0 Å². The maximum atomic E-state index is 10.9. The topological polar surface area (TPSA) is 34.9 Å². The van der Waals surface area contributed by atoms with E-state index in [-0.39, 0.29) is 5.92 Å². The summed E-state index contributed by atoms with van der Waals surface area (Å²) in [7, 11) is 0. The molecule has 1 atom stereocenters. The van der Waals surface area contributed by atoms with Gasteiger partial charge < -0.3 is 9.36 Å². The lowest BCUT2D eigenvalue weighted by molar-refractivity contribution is -0.111. The third-order valence-electron chi connectivity index (χ3n) is 4.14. The molecule has 1 aromatic rings. The average molecular weight is 218 g/mol. The smallest absolute Gasteiger partial charge is 0.123 e. The zero-order valence-corrected chi connectivity index (χ0v) is 9.78. The molecule has 1 unspecified atom stereocenters. The molecule has 2 heterocycles. The van der Waals surface area contributed by atoms with E-state index in [9.17, 15) is 4.79 Å². The number of hydrogen-bond acceptors (Lipinski definition) is 2. The molecule has 0 amide bonds. The molecule has 1 aliphatic heterocycles. The summed E-state index contributed by atoms with van der Waals surface area (Å²) in [5, 5.41) is 0. The Balaban J connectivity index is 1.95. The van der Waals surface area contributed by atoms with E-state index >= 15 is 0 Å². The van der Waals surface area contributed by atoms with Crippen LogP contribution in [0.5, 0.6) is 0 Å². The number of aryl methyl sites for hydroxylation is 1. The summed E-state index contributed by atoms with van der Waals surface area (Å²) in [6.45, 7) is 3.08. The third kappa shape index (κ3) is 1.41. The number of aromatic nitrogens is 2. The minimum Gasteiger partial charge on any atom is -0.331 e. The molecule has 1 fully saturated rings.